The highest BCUT2D eigenvalue weighted by Crippen LogP contribution is 2.20. The van der Waals surface area contributed by atoms with E-state index in [1.54, 1.807) is 0 Å². The Balaban J connectivity index is 2.63. The molecule has 0 aliphatic carbocycles. The molecule has 0 aromatic heterocycles. The van der Waals surface area contributed by atoms with Gasteiger partial charge in [-0.15, -0.1) is 11.6 Å². The fourth-order valence-electron chi connectivity index (χ4n) is 1.12. The number of carbonyl (C=O) groups excluding carboxylic acids is 1. The largest absolute Gasteiger partial charge is 0.355 e. The molecule has 1 N–H and O–H groups in total. The van der Waals surface area contributed by atoms with Gasteiger partial charge in [0.05, 0.1) is 0 Å². The van der Waals surface area contributed by atoms with Crippen LogP contribution in [0.4, 0.5) is 4.39 Å². The Hall–Kier alpha value is -1.09. The second-order valence-corrected chi connectivity index (χ2v) is 3.64. The SMILES string of the molecule is CCCNC(=O)C(Cl)c1ccc(F)cc1. The molecule has 0 saturated carbocycles. The van der Waals surface area contributed by atoms with Crippen molar-refractivity contribution in [2.24, 2.45) is 0 Å². The maximum atomic E-state index is 12.6. The van der Waals surface area contributed by atoms with E-state index in [9.17, 15) is 9.18 Å². The van der Waals surface area contributed by atoms with E-state index < -0.39 is 5.38 Å². The summed E-state index contributed by atoms with van der Waals surface area (Å²) in [6.45, 7) is 2.56. The number of rotatable bonds is 4. The highest BCUT2D eigenvalue weighted by molar-refractivity contribution is 6.30. The summed E-state index contributed by atoms with van der Waals surface area (Å²) in [6, 6.07) is 5.60. The fourth-order valence-corrected chi connectivity index (χ4v) is 1.34. The molecule has 1 atom stereocenters. The third kappa shape index (κ3) is 3.51. The van der Waals surface area contributed by atoms with Crippen molar-refractivity contribution in [3.05, 3.63) is 35.6 Å². The van der Waals surface area contributed by atoms with Crippen LogP contribution in [0.5, 0.6) is 0 Å². The summed E-state index contributed by atoms with van der Waals surface area (Å²) in [7, 11) is 0. The molecule has 1 amide bonds. The maximum Gasteiger partial charge on any atom is 0.242 e. The van der Waals surface area contributed by atoms with Crippen molar-refractivity contribution in [2.45, 2.75) is 18.7 Å². The summed E-state index contributed by atoms with van der Waals surface area (Å²) in [5, 5.41) is 1.93. The lowest BCUT2D eigenvalue weighted by molar-refractivity contribution is -0.120. The molecule has 0 radical (unpaired) electrons. The van der Waals surface area contributed by atoms with E-state index in [1.807, 2.05) is 6.92 Å². The van der Waals surface area contributed by atoms with Crippen molar-refractivity contribution >= 4 is 17.5 Å². The zero-order chi connectivity index (χ0) is 11.3. The Kier molecular flexibility index (Phi) is 4.56. The van der Waals surface area contributed by atoms with E-state index in [4.69, 9.17) is 11.6 Å². The number of hydrogen-bond donors (Lipinski definition) is 1. The van der Waals surface area contributed by atoms with Gasteiger partial charge in [0.15, 0.2) is 0 Å². The van der Waals surface area contributed by atoms with E-state index >= 15 is 0 Å². The first-order valence-corrected chi connectivity index (χ1v) is 5.26. The van der Waals surface area contributed by atoms with Crippen LogP contribution < -0.4 is 5.32 Å². The molecule has 82 valence electrons. The van der Waals surface area contributed by atoms with Gasteiger partial charge >= 0.3 is 0 Å². The first kappa shape index (κ1) is 12.0. The number of amides is 1. The molecule has 1 rings (SSSR count). The van der Waals surface area contributed by atoms with E-state index in [0.29, 0.717) is 12.1 Å². The molecule has 0 aliphatic heterocycles. The van der Waals surface area contributed by atoms with Crippen molar-refractivity contribution in [2.75, 3.05) is 6.54 Å². The molecular weight excluding hydrogens is 217 g/mol. The first-order chi connectivity index (χ1) is 7.15. The number of hydrogen-bond acceptors (Lipinski definition) is 1. The fraction of sp³-hybridized carbons (Fsp3) is 0.364. The Morgan fingerprint density at radius 3 is 2.60 bits per heavy atom. The number of benzene rings is 1. The third-order valence-corrected chi connectivity index (χ3v) is 2.39. The minimum absolute atomic E-state index is 0.245. The van der Waals surface area contributed by atoms with E-state index in [2.05, 4.69) is 5.32 Å². The second-order valence-electron chi connectivity index (χ2n) is 3.21. The van der Waals surface area contributed by atoms with E-state index in [1.165, 1.54) is 24.3 Å². The summed E-state index contributed by atoms with van der Waals surface area (Å²) in [5.41, 5.74) is 0.603. The second kappa shape index (κ2) is 5.71. The summed E-state index contributed by atoms with van der Waals surface area (Å²) >= 11 is 5.91. The molecule has 0 spiro atoms. The standard InChI is InChI=1S/C11H13ClFNO/c1-2-7-14-11(15)10(12)8-3-5-9(13)6-4-8/h3-6,10H,2,7H2,1H3,(H,14,15). The number of nitrogens with one attached hydrogen (secondary N) is 1. The first-order valence-electron chi connectivity index (χ1n) is 4.82. The van der Waals surface area contributed by atoms with Gasteiger partial charge < -0.3 is 5.32 Å². The Bertz CT molecular complexity index is 326. The summed E-state index contributed by atoms with van der Waals surface area (Å²) < 4.78 is 12.6. The minimum atomic E-state index is -0.753. The number of alkyl halides is 1. The minimum Gasteiger partial charge on any atom is -0.355 e. The molecule has 4 heteroatoms. The van der Waals surface area contributed by atoms with Crippen molar-refractivity contribution in [3.8, 4) is 0 Å². The third-order valence-electron chi connectivity index (χ3n) is 1.94. The van der Waals surface area contributed by atoms with Crippen molar-refractivity contribution < 1.29 is 9.18 Å². The van der Waals surface area contributed by atoms with Crippen LogP contribution in [0.15, 0.2) is 24.3 Å². The zero-order valence-corrected chi connectivity index (χ0v) is 9.22. The highest BCUT2D eigenvalue weighted by atomic mass is 35.5. The molecule has 0 aliphatic rings. The predicted octanol–water partition coefficient (Wildman–Crippen LogP) is 2.63. The van der Waals surface area contributed by atoms with Crippen molar-refractivity contribution in [1.82, 2.24) is 5.32 Å². The van der Waals surface area contributed by atoms with Gasteiger partial charge in [-0.3, -0.25) is 4.79 Å². The van der Waals surface area contributed by atoms with Crippen LogP contribution in [0, 0.1) is 5.82 Å². The van der Waals surface area contributed by atoms with Gasteiger partial charge in [-0.25, -0.2) is 4.39 Å². The monoisotopic (exact) mass is 229 g/mol. The average Bonchev–Trinajstić information content (AvgIpc) is 2.26. The van der Waals surface area contributed by atoms with Gasteiger partial charge in [-0.2, -0.15) is 0 Å². The molecule has 2 nitrogen and oxygen atoms in total. The van der Waals surface area contributed by atoms with Gasteiger partial charge in [-0.1, -0.05) is 19.1 Å². The molecule has 0 saturated heterocycles. The molecule has 15 heavy (non-hydrogen) atoms. The van der Waals surface area contributed by atoms with Gasteiger partial charge in [0.25, 0.3) is 0 Å². The van der Waals surface area contributed by atoms with Crippen LogP contribution in [0.25, 0.3) is 0 Å². The molecular formula is C11H13ClFNO. The van der Waals surface area contributed by atoms with Gasteiger partial charge in [0, 0.05) is 6.54 Å². The van der Waals surface area contributed by atoms with Gasteiger partial charge in [0.2, 0.25) is 5.91 Å². The van der Waals surface area contributed by atoms with Gasteiger partial charge in [-0.05, 0) is 24.1 Å². The normalized spacial score (nSPS) is 12.2. The molecule has 1 aromatic carbocycles. The van der Waals surface area contributed by atoms with Crippen LogP contribution in [-0.2, 0) is 4.79 Å². The maximum absolute atomic E-state index is 12.6. The van der Waals surface area contributed by atoms with Crippen LogP contribution in [0.3, 0.4) is 0 Å². The summed E-state index contributed by atoms with van der Waals surface area (Å²) in [4.78, 5) is 11.5. The van der Waals surface area contributed by atoms with Crippen LogP contribution in [0.1, 0.15) is 24.3 Å². The lowest BCUT2D eigenvalue weighted by Gasteiger charge is -2.09. The van der Waals surface area contributed by atoms with Crippen LogP contribution >= 0.6 is 11.6 Å². The summed E-state index contributed by atoms with van der Waals surface area (Å²) in [6.07, 6.45) is 0.860. The van der Waals surface area contributed by atoms with Crippen molar-refractivity contribution in [1.29, 1.82) is 0 Å². The summed E-state index contributed by atoms with van der Waals surface area (Å²) in [5.74, 6) is -0.582. The smallest absolute Gasteiger partial charge is 0.242 e. The average molecular weight is 230 g/mol. The molecule has 1 unspecified atom stereocenters. The lowest BCUT2D eigenvalue weighted by atomic mass is 10.1. The predicted molar refractivity (Wildman–Crippen MR) is 58.3 cm³/mol. The molecule has 0 bridgehead atoms. The Labute approximate surface area is 93.4 Å². The molecule has 1 aromatic rings. The van der Waals surface area contributed by atoms with E-state index in [0.717, 1.165) is 6.42 Å². The lowest BCUT2D eigenvalue weighted by Crippen LogP contribution is -2.27. The Morgan fingerprint density at radius 2 is 2.07 bits per heavy atom. The zero-order valence-electron chi connectivity index (χ0n) is 8.47. The Morgan fingerprint density at radius 1 is 1.47 bits per heavy atom. The topological polar surface area (TPSA) is 29.1 Å². The molecule has 0 fully saturated rings. The highest BCUT2D eigenvalue weighted by Gasteiger charge is 2.16. The number of halogens is 2. The van der Waals surface area contributed by atoms with Gasteiger partial charge in [0.1, 0.15) is 11.2 Å². The number of carbonyl (C=O) groups is 1. The van der Waals surface area contributed by atoms with Crippen molar-refractivity contribution in [3.63, 3.8) is 0 Å². The van der Waals surface area contributed by atoms with Crippen LogP contribution in [0.2, 0.25) is 0 Å². The molecule has 0 heterocycles. The van der Waals surface area contributed by atoms with E-state index in [-0.39, 0.29) is 11.7 Å². The van der Waals surface area contributed by atoms with Crippen LogP contribution in [-0.4, -0.2) is 12.5 Å². The quantitative estimate of drug-likeness (QED) is 0.791.